The Morgan fingerprint density at radius 1 is 1.20 bits per heavy atom. The minimum absolute atomic E-state index is 0.572. The highest BCUT2D eigenvalue weighted by Gasteiger charge is 2.46. The first kappa shape index (κ1) is 13.0. The zero-order chi connectivity index (χ0) is 11.1. The first-order valence-corrected chi connectivity index (χ1v) is 6.56. The van der Waals surface area contributed by atoms with Crippen LogP contribution in [0.1, 0.15) is 52.9 Å². The molecule has 0 aromatic rings. The van der Waals surface area contributed by atoms with Gasteiger partial charge in [0, 0.05) is 19.3 Å². The zero-order valence-corrected chi connectivity index (χ0v) is 10.6. The summed E-state index contributed by atoms with van der Waals surface area (Å²) in [6.07, 6.45) is 6.38. The van der Waals surface area contributed by atoms with Gasteiger partial charge in [0.05, 0.1) is 0 Å². The highest BCUT2D eigenvalue weighted by molar-refractivity contribution is 5.00. The van der Waals surface area contributed by atoms with Gasteiger partial charge in [-0.1, -0.05) is 13.8 Å². The summed E-state index contributed by atoms with van der Waals surface area (Å²) in [5.41, 5.74) is 0.572. The number of ether oxygens (including phenoxy) is 1. The van der Waals surface area contributed by atoms with Crippen LogP contribution in [-0.2, 0) is 4.74 Å². The molecule has 1 aliphatic rings. The minimum Gasteiger partial charge on any atom is -0.381 e. The Labute approximate surface area is 94.8 Å². The highest BCUT2D eigenvalue weighted by Crippen LogP contribution is 2.51. The molecule has 0 saturated heterocycles. The van der Waals surface area contributed by atoms with E-state index in [9.17, 15) is 0 Å². The Hall–Kier alpha value is -0.0800. The predicted octanol–water partition coefficient (Wildman–Crippen LogP) is 2.97. The lowest BCUT2D eigenvalue weighted by molar-refractivity contribution is 0.110. The largest absolute Gasteiger partial charge is 0.381 e. The van der Waals surface area contributed by atoms with E-state index in [0.29, 0.717) is 11.5 Å². The van der Waals surface area contributed by atoms with Crippen LogP contribution in [-0.4, -0.2) is 25.8 Å². The van der Waals surface area contributed by atoms with Crippen molar-refractivity contribution in [2.24, 2.45) is 5.41 Å². The van der Waals surface area contributed by atoms with E-state index in [1.807, 2.05) is 0 Å². The standard InChI is InChI=1S/C13H27NO/c1-4-9-14-12(3)13(6-7-13)8-11-15-10-5-2/h12,14H,4-11H2,1-3H3. The van der Waals surface area contributed by atoms with Crippen LogP contribution in [0.5, 0.6) is 0 Å². The highest BCUT2D eigenvalue weighted by atomic mass is 16.5. The Bertz CT molecular complexity index is 166. The molecular formula is C13H27NO. The Kier molecular flexibility index (Phi) is 5.62. The van der Waals surface area contributed by atoms with Crippen LogP contribution in [0.2, 0.25) is 0 Å². The Balaban J connectivity index is 2.14. The third kappa shape index (κ3) is 4.12. The van der Waals surface area contributed by atoms with E-state index in [-0.39, 0.29) is 0 Å². The maximum atomic E-state index is 5.59. The molecule has 1 aliphatic carbocycles. The third-order valence-electron chi connectivity index (χ3n) is 3.60. The van der Waals surface area contributed by atoms with Crippen molar-refractivity contribution in [1.29, 1.82) is 0 Å². The van der Waals surface area contributed by atoms with Crippen LogP contribution < -0.4 is 5.32 Å². The average Bonchev–Trinajstić information content (AvgIpc) is 3.02. The number of hydrogen-bond donors (Lipinski definition) is 1. The van der Waals surface area contributed by atoms with Crippen LogP contribution in [0, 0.1) is 5.41 Å². The van der Waals surface area contributed by atoms with Gasteiger partial charge in [0.25, 0.3) is 0 Å². The SMILES string of the molecule is CCCNC(C)C1(CCOCCC)CC1. The maximum Gasteiger partial charge on any atom is 0.0471 e. The molecule has 1 rings (SSSR count). The van der Waals surface area contributed by atoms with Gasteiger partial charge in [-0.3, -0.25) is 0 Å². The zero-order valence-electron chi connectivity index (χ0n) is 10.6. The van der Waals surface area contributed by atoms with Gasteiger partial charge in [-0.25, -0.2) is 0 Å². The molecular weight excluding hydrogens is 186 g/mol. The smallest absolute Gasteiger partial charge is 0.0471 e. The summed E-state index contributed by atoms with van der Waals surface area (Å²) in [6, 6.07) is 0.669. The fraction of sp³-hybridized carbons (Fsp3) is 1.00. The molecule has 1 fully saturated rings. The molecule has 0 aromatic carbocycles. The van der Waals surface area contributed by atoms with Crippen LogP contribution in [0.4, 0.5) is 0 Å². The van der Waals surface area contributed by atoms with E-state index in [1.54, 1.807) is 0 Å². The average molecular weight is 213 g/mol. The Morgan fingerprint density at radius 2 is 1.93 bits per heavy atom. The second-order valence-corrected chi connectivity index (χ2v) is 4.90. The first-order chi connectivity index (χ1) is 7.25. The molecule has 1 atom stereocenters. The van der Waals surface area contributed by atoms with E-state index in [2.05, 4.69) is 26.1 Å². The number of nitrogens with one attached hydrogen (secondary N) is 1. The van der Waals surface area contributed by atoms with Crippen molar-refractivity contribution >= 4 is 0 Å². The van der Waals surface area contributed by atoms with E-state index in [0.717, 1.165) is 26.2 Å². The summed E-state index contributed by atoms with van der Waals surface area (Å²) in [5.74, 6) is 0. The van der Waals surface area contributed by atoms with Crippen molar-refractivity contribution in [2.75, 3.05) is 19.8 Å². The minimum atomic E-state index is 0.572. The van der Waals surface area contributed by atoms with Gasteiger partial charge < -0.3 is 10.1 Å². The predicted molar refractivity (Wildman–Crippen MR) is 65.1 cm³/mol. The van der Waals surface area contributed by atoms with Crippen LogP contribution in [0.15, 0.2) is 0 Å². The molecule has 0 aliphatic heterocycles. The van der Waals surface area contributed by atoms with Crippen molar-refractivity contribution < 1.29 is 4.74 Å². The van der Waals surface area contributed by atoms with E-state index in [1.165, 1.54) is 25.7 Å². The van der Waals surface area contributed by atoms with Gasteiger partial charge in [0.15, 0.2) is 0 Å². The summed E-state index contributed by atoms with van der Waals surface area (Å²) >= 11 is 0. The summed E-state index contributed by atoms with van der Waals surface area (Å²) in [4.78, 5) is 0. The third-order valence-corrected chi connectivity index (χ3v) is 3.60. The van der Waals surface area contributed by atoms with Crippen molar-refractivity contribution in [3.05, 3.63) is 0 Å². The van der Waals surface area contributed by atoms with Gasteiger partial charge >= 0.3 is 0 Å². The van der Waals surface area contributed by atoms with Crippen LogP contribution in [0.3, 0.4) is 0 Å². The quantitative estimate of drug-likeness (QED) is 0.595. The lowest BCUT2D eigenvalue weighted by Crippen LogP contribution is -2.36. The van der Waals surface area contributed by atoms with Gasteiger partial charge in [0.1, 0.15) is 0 Å². The molecule has 2 heteroatoms. The summed E-state index contributed by atoms with van der Waals surface area (Å²) in [5, 5.41) is 3.62. The fourth-order valence-corrected chi connectivity index (χ4v) is 2.16. The molecule has 1 saturated carbocycles. The van der Waals surface area contributed by atoms with Crippen molar-refractivity contribution in [3.8, 4) is 0 Å². The molecule has 0 bridgehead atoms. The normalized spacial score (nSPS) is 20.2. The molecule has 0 radical (unpaired) electrons. The number of rotatable bonds is 9. The Morgan fingerprint density at radius 3 is 2.47 bits per heavy atom. The molecule has 0 aromatic heterocycles. The topological polar surface area (TPSA) is 21.3 Å². The first-order valence-electron chi connectivity index (χ1n) is 6.56. The summed E-state index contributed by atoms with van der Waals surface area (Å²) < 4.78 is 5.59. The van der Waals surface area contributed by atoms with E-state index >= 15 is 0 Å². The van der Waals surface area contributed by atoms with Gasteiger partial charge in [0.2, 0.25) is 0 Å². The second kappa shape index (κ2) is 6.49. The molecule has 0 amide bonds. The molecule has 1 unspecified atom stereocenters. The molecule has 0 heterocycles. The van der Waals surface area contributed by atoms with Gasteiger partial charge in [-0.2, -0.15) is 0 Å². The van der Waals surface area contributed by atoms with Crippen molar-refractivity contribution in [2.45, 2.75) is 58.9 Å². The maximum absolute atomic E-state index is 5.59. The monoisotopic (exact) mass is 213 g/mol. The fourth-order valence-electron chi connectivity index (χ4n) is 2.16. The summed E-state index contributed by atoms with van der Waals surface area (Å²) in [6.45, 7) is 9.75. The molecule has 90 valence electrons. The molecule has 1 N–H and O–H groups in total. The van der Waals surface area contributed by atoms with Gasteiger partial charge in [-0.15, -0.1) is 0 Å². The van der Waals surface area contributed by atoms with Crippen LogP contribution in [0.25, 0.3) is 0 Å². The molecule has 0 spiro atoms. The number of hydrogen-bond acceptors (Lipinski definition) is 2. The molecule has 2 nitrogen and oxygen atoms in total. The lowest BCUT2D eigenvalue weighted by Gasteiger charge is -2.24. The van der Waals surface area contributed by atoms with E-state index < -0.39 is 0 Å². The van der Waals surface area contributed by atoms with E-state index in [4.69, 9.17) is 4.74 Å². The second-order valence-electron chi connectivity index (χ2n) is 4.90. The van der Waals surface area contributed by atoms with Crippen LogP contribution >= 0.6 is 0 Å². The van der Waals surface area contributed by atoms with Crippen molar-refractivity contribution in [3.63, 3.8) is 0 Å². The molecule has 15 heavy (non-hydrogen) atoms. The summed E-state index contributed by atoms with van der Waals surface area (Å²) in [7, 11) is 0. The van der Waals surface area contributed by atoms with Crippen molar-refractivity contribution in [1.82, 2.24) is 5.32 Å². The van der Waals surface area contributed by atoms with Gasteiger partial charge in [-0.05, 0) is 51.0 Å². The lowest BCUT2D eigenvalue weighted by atomic mass is 9.94.